The lowest BCUT2D eigenvalue weighted by molar-refractivity contribution is 0.488. The van der Waals surface area contributed by atoms with Crippen LogP contribution >= 0.6 is 0 Å². The fourth-order valence-electron chi connectivity index (χ4n) is 2.01. The summed E-state index contributed by atoms with van der Waals surface area (Å²) in [5.74, 6) is 0.642. The Morgan fingerprint density at radius 2 is 2.21 bits per heavy atom. The zero-order chi connectivity index (χ0) is 9.97. The lowest BCUT2D eigenvalue weighted by Gasteiger charge is -2.19. The maximum absolute atomic E-state index is 5.90. The van der Waals surface area contributed by atoms with Crippen molar-refractivity contribution in [3.63, 3.8) is 0 Å². The van der Waals surface area contributed by atoms with Gasteiger partial charge in [-0.1, -0.05) is 0 Å². The summed E-state index contributed by atoms with van der Waals surface area (Å²) < 4.78 is 0. The van der Waals surface area contributed by atoms with E-state index < -0.39 is 0 Å². The third-order valence-corrected chi connectivity index (χ3v) is 3.00. The second-order valence-corrected chi connectivity index (χ2v) is 4.06. The molecule has 3 heteroatoms. The molecule has 2 unspecified atom stereocenters. The van der Waals surface area contributed by atoms with Gasteiger partial charge in [-0.3, -0.25) is 4.98 Å². The van der Waals surface area contributed by atoms with Crippen molar-refractivity contribution in [3.8, 4) is 0 Å². The first-order chi connectivity index (χ1) is 6.77. The van der Waals surface area contributed by atoms with Crippen LogP contribution in [-0.2, 0) is 0 Å². The van der Waals surface area contributed by atoms with Gasteiger partial charge in [0.15, 0.2) is 0 Å². The van der Waals surface area contributed by atoms with Gasteiger partial charge in [-0.2, -0.15) is 0 Å². The highest BCUT2D eigenvalue weighted by Gasteiger charge is 2.24. The van der Waals surface area contributed by atoms with Gasteiger partial charge in [0, 0.05) is 37.2 Å². The molecule has 3 nitrogen and oxygen atoms in total. The number of nitrogens with zero attached hydrogens (tertiary/aromatic N) is 2. The van der Waals surface area contributed by atoms with Gasteiger partial charge in [0.25, 0.3) is 0 Å². The molecule has 0 amide bonds. The van der Waals surface area contributed by atoms with E-state index >= 15 is 0 Å². The van der Waals surface area contributed by atoms with Crippen molar-refractivity contribution < 1.29 is 0 Å². The monoisotopic (exact) mass is 191 g/mol. The minimum absolute atomic E-state index is 0.307. The van der Waals surface area contributed by atoms with Crippen molar-refractivity contribution in [1.82, 2.24) is 4.98 Å². The first-order valence-electron chi connectivity index (χ1n) is 5.18. The van der Waals surface area contributed by atoms with E-state index in [1.54, 1.807) is 0 Å². The predicted molar refractivity (Wildman–Crippen MR) is 58.2 cm³/mol. The van der Waals surface area contributed by atoms with E-state index in [1.165, 1.54) is 12.1 Å². The minimum atomic E-state index is 0.307. The SMILES string of the molecule is CC(N)C1CCN(c2ccncc2)C1. The smallest absolute Gasteiger partial charge is 0.0397 e. The van der Waals surface area contributed by atoms with Crippen LogP contribution in [0.25, 0.3) is 0 Å². The molecule has 1 aliphatic rings. The predicted octanol–water partition coefficient (Wildman–Crippen LogP) is 1.26. The average molecular weight is 191 g/mol. The Morgan fingerprint density at radius 1 is 1.50 bits per heavy atom. The second-order valence-electron chi connectivity index (χ2n) is 4.06. The maximum atomic E-state index is 5.90. The van der Waals surface area contributed by atoms with Gasteiger partial charge in [-0.15, -0.1) is 0 Å². The summed E-state index contributed by atoms with van der Waals surface area (Å²) in [4.78, 5) is 6.40. The summed E-state index contributed by atoms with van der Waals surface area (Å²) in [5, 5.41) is 0. The van der Waals surface area contributed by atoms with Gasteiger partial charge in [-0.25, -0.2) is 0 Å². The van der Waals surface area contributed by atoms with Gasteiger partial charge < -0.3 is 10.6 Å². The largest absolute Gasteiger partial charge is 0.371 e. The van der Waals surface area contributed by atoms with E-state index in [0.29, 0.717) is 12.0 Å². The van der Waals surface area contributed by atoms with E-state index in [0.717, 1.165) is 13.1 Å². The second kappa shape index (κ2) is 3.96. The Labute approximate surface area is 84.9 Å². The van der Waals surface area contributed by atoms with E-state index in [2.05, 4.69) is 28.9 Å². The van der Waals surface area contributed by atoms with Crippen LogP contribution in [-0.4, -0.2) is 24.1 Å². The number of anilines is 1. The Hall–Kier alpha value is -1.09. The lowest BCUT2D eigenvalue weighted by atomic mass is 10.0. The van der Waals surface area contributed by atoms with Gasteiger partial charge in [-0.05, 0) is 31.4 Å². The molecule has 1 aromatic heterocycles. The molecule has 0 aliphatic carbocycles. The van der Waals surface area contributed by atoms with E-state index in [-0.39, 0.29) is 0 Å². The average Bonchev–Trinajstić information content (AvgIpc) is 2.68. The fraction of sp³-hybridized carbons (Fsp3) is 0.545. The molecule has 0 radical (unpaired) electrons. The van der Waals surface area contributed by atoms with Crippen LogP contribution in [0.15, 0.2) is 24.5 Å². The number of hydrogen-bond acceptors (Lipinski definition) is 3. The van der Waals surface area contributed by atoms with Crippen molar-refractivity contribution >= 4 is 5.69 Å². The number of hydrogen-bond donors (Lipinski definition) is 1. The molecule has 14 heavy (non-hydrogen) atoms. The summed E-state index contributed by atoms with van der Waals surface area (Å²) in [6, 6.07) is 4.43. The topological polar surface area (TPSA) is 42.1 Å². The highest BCUT2D eigenvalue weighted by molar-refractivity contribution is 5.45. The third kappa shape index (κ3) is 1.87. The third-order valence-electron chi connectivity index (χ3n) is 3.00. The molecule has 0 saturated carbocycles. The summed E-state index contributed by atoms with van der Waals surface area (Å²) >= 11 is 0. The van der Waals surface area contributed by atoms with E-state index in [9.17, 15) is 0 Å². The van der Waals surface area contributed by atoms with Gasteiger partial charge >= 0.3 is 0 Å². The molecular formula is C11H17N3. The molecule has 2 heterocycles. The van der Waals surface area contributed by atoms with Crippen LogP contribution in [0, 0.1) is 5.92 Å². The van der Waals surface area contributed by atoms with Crippen LogP contribution in [0.2, 0.25) is 0 Å². The molecule has 76 valence electrons. The number of aromatic nitrogens is 1. The molecule has 1 aromatic rings. The fourth-order valence-corrected chi connectivity index (χ4v) is 2.01. The standard InChI is InChI=1S/C11H17N3/c1-9(12)10-4-7-14(8-10)11-2-5-13-6-3-11/h2-3,5-6,9-10H,4,7-8,12H2,1H3. The Kier molecular flexibility index (Phi) is 2.68. The first-order valence-corrected chi connectivity index (χ1v) is 5.18. The van der Waals surface area contributed by atoms with Crippen molar-refractivity contribution in [1.29, 1.82) is 0 Å². The summed E-state index contributed by atoms with van der Waals surface area (Å²) in [6.07, 6.45) is 4.89. The molecule has 2 rings (SSSR count). The number of pyridine rings is 1. The summed E-state index contributed by atoms with van der Waals surface area (Å²) in [5.41, 5.74) is 7.17. The number of nitrogens with two attached hydrogens (primary N) is 1. The summed E-state index contributed by atoms with van der Waals surface area (Å²) in [7, 11) is 0. The van der Waals surface area contributed by atoms with Gasteiger partial charge in [0.2, 0.25) is 0 Å². The van der Waals surface area contributed by atoms with Crippen molar-refractivity contribution in [2.24, 2.45) is 11.7 Å². The molecular weight excluding hydrogens is 174 g/mol. The Balaban J connectivity index is 2.03. The molecule has 0 aromatic carbocycles. The van der Waals surface area contributed by atoms with Crippen LogP contribution in [0.5, 0.6) is 0 Å². The molecule has 1 fully saturated rings. The quantitative estimate of drug-likeness (QED) is 0.765. The van der Waals surface area contributed by atoms with Crippen LogP contribution < -0.4 is 10.6 Å². The molecule has 1 aliphatic heterocycles. The molecule has 0 bridgehead atoms. The maximum Gasteiger partial charge on any atom is 0.0397 e. The zero-order valence-electron chi connectivity index (χ0n) is 8.56. The van der Waals surface area contributed by atoms with Crippen molar-refractivity contribution in [3.05, 3.63) is 24.5 Å². The normalized spacial score (nSPS) is 23.9. The Morgan fingerprint density at radius 3 is 2.79 bits per heavy atom. The molecule has 1 saturated heterocycles. The molecule has 0 spiro atoms. The van der Waals surface area contributed by atoms with Crippen molar-refractivity contribution in [2.45, 2.75) is 19.4 Å². The van der Waals surface area contributed by atoms with E-state index in [1.807, 2.05) is 12.4 Å². The molecule has 2 atom stereocenters. The van der Waals surface area contributed by atoms with Crippen molar-refractivity contribution in [2.75, 3.05) is 18.0 Å². The van der Waals surface area contributed by atoms with Gasteiger partial charge in [0.05, 0.1) is 0 Å². The van der Waals surface area contributed by atoms with Crippen LogP contribution in [0.3, 0.4) is 0 Å². The first kappa shape index (κ1) is 9.46. The Bertz CT molecular complexity index is 284. The highest BCUT2D eigenvalue weighted by atomic mass is 15.2. The zero-order valence-corrected chi connectivity index (χ0v) is 8.56. The van der Waals surface area contributed by atoms with Crippen LogP contribution in [0.1, 0.15) is 13.3 Å². The van der Waals surface area contributed by atoms with Crippen LogP contribution in [0.4, 0.5) is 5.69 Å². The minimum Gasteiger partial charge on any atom is -0.371 e. The molecule has 2 N–H and O–H groups in total. The number of rotatable bonds is 2. The highest BCUT2D eigenvalue weighted by Crippen LogP contribution is 2.24. The summed E-state index contributed by atoms with van der Waals surface area (Å²) in [6.45, 7) is 4.30. The van der Waals surface area contributed by atoms with Gasteiger partial charge in [0.1, 0.15) is 0 Å². The lowest BCUT2D eigenvalue weighted by Crippen LogP contribution is -2.29. The van der Waals surface area contributed by atoms with E-state index in [4.69, 9.17) is 5.73 Å².